The van der Waals surface area contributed by atoms with E-state index in [2.05, 4.69) is 6.58 Å². The van der Waals surface area contributed by atoms with E-state index in [0.29, 0.717) is 12.8 Å². The van der Waals surface area contributed by atoms with Crippen LogP contribution in [0.15, 0.2) is 42.5 Å². The number of carbonyl (C=O) groups excluding carboxylic acids is 2. The van der Waals surface area contributed by atoms with Crippen LogP contribution in [0.25, 0.3) is 0 Å². The van der Waals surface area contributed by atoms with Gasteiger partial charge >= 0.3 is 12.1 Å². The van der Waals surface area contributed by atoms with Gasteiger partial charge in [-0.2, -0.15) is 5.06 Å². The lowest BCUT2D eigenvalue weighted by molar-refractivity contribution is -0.320. The number of benzene rings is 1. The van der Waals surface area contributed by atoms with Gasteiger partial charge in [0.25, 0.3) is 0 Å². The van der Waals surface area contributed by atoms with Gasteiger partial charge in [-0.15, -0.1) is 0 Å². The number of hydrogen-bond acceptors (Lipinski definition) is 8. The van der Waals surface area contributed by atoms with E-state index in [4.69, 9.17) is 19.0 Å². The molecular formula is C24H35NO7. The first-order valence-electron chi connectivity index (χ1n) is 10.7. The normalized spacial score (nSPS) is 20.1. The zero-order valence-electron chi connectivity index (χ0n) is 19.8. The van der Waals surface area contributed by atoms with Gasteiger partial charge in [0.15, 0.2) is 0 Å². The predicted octanol–water partition coefficient (Wildman–Crippen LogP) is 4.29. The first kappa shape index (κ1) is 25.8. The Labute approximate surface area is 190 Å². The Morgan fingerprint density at radius 1 is 1.12 bits per heavy atom. The third-order valence-electron chi connectivity index (χ3n) is 5.21. The van der Waals surface area contributed by atoms with Crippen LogP contribution in [0.4, 0.5) is 4.79 Å². The first-order valence-corrected chi connectivity index (χ1v) is 10.7. The fraction of sp³-hybridized carbons (Fsp3) is 0.583. The fourth-order valence-corrected chi connectivity index (χ4v) is 4.07. The molecule has 8 heteroatoms. The summed E-state index contributed by atoms with van der Waals surface area (Å²) in [6, 6.07) is 9.40. The molecule has 1 aromatic carbocycles. The molecule has 2 unspecified atom stereocenters. The number of piperidine rings is 1. The Hall–Kier alpha value is -2.42. The van der Waals surface area contributed by atoms with Gasteiger partial charge in [0.05, 0.1) is 6.10 Å². The maximum atomic E-state index is 12.2. The number of rotatable bonds is 8. The first-order chi connectivity index (χ1) is 14.8. The number of carbonyl (C=O) groups is 2. The largest absolute Gasteiger partial charge is 0.511 e. The van der Waals surface area contributed by atoms with Crippen LogP contribution < -0.4 is 0 Å². The maximum absolute atomic E-state index is 12.2. The van der Waals surface area contributed by atoms with Crippen LogP contribution in [0.3, 0.4) is 0 Å². The second kappa shape index (κ2) is 10.5. The van der Waals surface area contributed by atoms with Gasteiger partial charge in [-0.25, -0.2) is 9.59 Å². The Bertz CT molecular complexity index is 788. The molecule has 178 valence electrons. The van der Waals surface area contributed by atoms with Crippen molar-refractivity contribution in [1.29, 1.82) is 0 Å². The third-order valence-corrected chi connectivity index (χ3v) is 5.21. The van der Waals surface area contributed by atoms with Crippen molar-refractivity contribution in [2.24, 2.45) is 0 Å². The molecular weight excluding hydrogens is 414 g/mol. The topological polar surface area (TPSA) is 94.5 Å². The van der Waals surface area contributed by atoms with Crippen molar-refractivity contribution < 1.29 is 33.7 Å². The van der Waals surface area contributed by atoms with Gasteiger partial charge in [-0.1, -0.05) is 36.9 Å². The van der Waals surface area contributed by atoms with Gasteiger partial charge in [0.1, 0.15) is 12.7 Å². The summed E-state index contributed by atoms with van der Waals surface area (Å²) in [5, 5.41) is 12.2. The quantitative estimate of drug-likeness (QED) is 0.357. The molecule has 1 aliphatic rings. The molecule has 0 radical (unpaired) electrons. The van der Waals surface area contributed by atoms with E-state index in [-0.39, 0.29) is 12.2 Å². The summed E-state index contributed by atoms with van der Waals surface area (Å²) in [5.41, 5.74) is 0.128. The molecule has 0 aromatic heterocycles. The molecule has 0 saturated carbocycles. The fourth-order valence-electron chi connectivity index (χ4n) is 4.07. The van der Waals surface area contributed by atoms with E-state index in [9.17, 15) is 14.7 Å². The summed E-state index contributed by atoms with van der Waals surface area (Å²) in [6.45, 7) is 14.3. The van der Waals surface area contributed by atoms with Gasteiger partial charge in [-0.05, 0) is 53.0 Å². The van der Waals surface area contributed by atoms with Gasteiger partial charge in [0, 0.05) is 23.6 Å². The molecule has 0 amide bonds. The second-order valence-corrected chi connectivity index (χ2v) is 9.42. The van der Waals surface area contributed by atoms with Crippen LogP contribution in [0.2, 0.25) is 0 Å². The van der Waals surface area contributed by atoms with Crippen molar-refractivity contribution in [1.82, 2.24) is 5.06 Å². The van der Waals surface area contributed by atoms with Crippen molar-refractivity contribution >= 4 is 12.1 Å². The molecule has 32 heavy (non-hydrogen) atoms. The highest BCUT2D eigenvalue weighted by Gasteiger charge is 2.47. The molecule has 0 spiro atoms. The highest BCUT2D eigenvalue weighted by atomic mass is 16.8. The minimum absolute atomic E-state index is 0.116. The van der Waals surface area contributed by atoms with Crippen LogP contribution in [0.1, 0.15) is 66.1 Å². The number of aliphatic hydroxyl groups excluding tert-OH is 1. The molecule has 1 aromatic rings. The SMILES string of the molecule is C=C(C)C(=O)OC(C)OC(=O)OCC(ON1C(C)(C)CC(O)CC1(C)C)c1ccccc1. The molecule has 1 N–H and O–H groups in total. The van der Waals surface area contributed by atoms with Gasteiger partial charge in [-0.3, -0.25) is 4.84 Å². The number of aliphatic hydroxyl groups is 1. The van der Waals surface area contributed by atoms with E-state index in [1.165, 1.54) is 13.8 Å². The Morgan fingerprint density at radius 2 is 1.69 bits per heavy atom. The molecule has 8 nitrogen and oxygen atoms in total. The van der Waals surface area contributed by atoms with E-state index in [1.807, 2.05) is 63.1 Å². The smallest absolute Gasteiger partial charge is 0.431 e. The Kier molecular flexibility index (Phi) is 8.45. The average molecular weight is 450 g/mol. The summed E-state index contributed by atoms with van der Waals surface area (Å²) in [7, 11) is 0. The number of esters is 1. The molecule has 0 bridgehead atoms. The zero-order chi connectivity index (χ0) is 24.1. The van der Waals surface area contributed by atoms with Crippen LogP contribution in [-0.4, -0.2) is 52.4 Å². The Morgan fingerprint density at radius 3 is 2.22 bits per heavy atom. The summed E-state index contributed by atoms with van der Waals surface area (Å²) >= 11 is 0. The van der Waals surface area contributed by atoms with Crippen molar-refractivity contribution in [2.75, 3.05) is 6.61 Å². The number of nitrogens with zero attached hydrogens (tertiary/aromatic N) is 1. The molecule has 1 heterocycles. The van der Waals surface area contributed by atoms with E-state index in [1.54, 1.807) is 0 Å². The highest BCUT2D eigenvalue weighted by Crippen LogP contribution is 2.40. The molecule has 0 aliphatic carbocycles. The van der Waals surface area contributed by atoms with E-state index < -0.39 is 41.7 Å². The van der Waals surface area contributed by atoms with Crippen LogP contribution in [0, 0.1) is 0 Å². The van der Waals surface area contributed by atoms with Crippen molar-refractivity contribution in [2.45, 2.75) is 84.0 Å². The minimum Gasteiger partial charge on any atom is -0.431 e. The highest BCUT2D eigenvalue weighted by molar-refractivity contribution is 5.87. The molecule has 2 atom stereocenters. The second-order valence-electron chi connectivity index (χ2n) is 9.42. The van der Waals surface area contributed by atoms with Gasteiger partial charge in [0.2, 0.25) is 6.29 Å². The third kappa shape index (κ3) is 7.05. The Balaban J connectivity index is 2.09. The summed E-state index contributed by atoms with van der Waals surface area (Å²) in [5.74, 6) is -0.660. The maximum Gasteiger partial charge on any atom is 0.511 e. The van der Waals surface area contributed by atoms with Crippen molar-refractivity contribution in [3.05, 3.63) is 48.0 Å². The van der Waals surface area contributed by atoms with Gasteiger partial charge < -0.3 is 19.3 Å². The average Bonchev–Trinajstić information content (AvgIpc) is 2.66. The summed E-state index contributed by atoms with van der Waals surface area (Å²) < 4.78 is 15.2. The number of hydroxylamine groups is 2. The van der Waals surface area contributed by atoms with Crippen molar-refractivity contribution in [3.8, 4) is 0 Å². The molecule has 2 rings (SSSR count). The predicted molar refractivity (Wildman–Crippen MR) is 118 cm³/mol. The lowest BCUT2D eigenvalue weighted by atomic mass is 9.80. The monoisotopic (exact) mass is 449 g/mol. The minimum atomic E-state index is -1.12. The van der Waals surface area contributed by atoms with E-state index >= 15 is 0 Å². The number of hydrogen-bond donors (Lipinski definition) is 1. The van der Waals surface area contributed by atoms with Crippen molar-refractivity contribution in [3.63, 3.8) is 0 Å². The molecule has 1 saturated heterocycles. The zero-order valence-corrected chi connectivity index (χ0v) is 19.8. The van der Waals surface area contributed by atoms with Crippen LogP contribution in [-0.2, 0) is 23.8 Å². The molecule has 1 fully saturated rings. The standard InChI is InChI=1S/C24H35NO7/c1-16(2)21(27)30-17(3)31-22(28)29-15-20(18-11-9-8-10-12-18)32-25-23(4,5)13-19(26)14-24(25,6)7/h8-12,17,19-20,26H,1,13-15H2,2-7H3. The summed E-state index contributed by atoms with van der Waals surface area (Å²) in [4.78, 5) is 30.1. The summed E-state index contributed by atoms with van der Waals surface area (Å²) in [6.07, 6.45) is -2.04. The number of ether oxygens (including phenoxy) is 3. The van der Waals surface area contributed by atoms with E-state index in [0.717, 1.165) is 5.56 Å². The van der Waals surface area contributed by atoms with Crippen LogP contribution >= 0.6 is 0 Å². The van der Waals surface area contributed by atoms with Crippen LogP contribution in [0.5, 0.6) is 0 Å². The lowest BCUT2D eigenvalue weighted by Gasteiger charge is -2.53. The molecule has 1 aliphatic heterocycles. The lowest BCUT2D eigenvalue weighted by Crippen LogP contribution is -2.61.